The Balaban J connectivity index is 0.000000336. The lowest BCUT2D eigenvalue weighted by Crippen LogP contribution is -2.20. The van der Waals surface area contributed by atoms with Gasteiger partial charge in [0.25, 0.3) is 0 Å². The van der Waals surface area contributed by atoms with E-state index < -0.39 is 0 Å². The molecule has 0 amide bonds. The topological polar surface area (TPSA) is 3.24 Å². The van der Waals surface area contributed by atoms with E-state index >= 15 is 0 Å². The second-order valence-electron chi connectivity index (χ2n) is 4.61. The summed E-state index contributed by atoms with van der Waals surface area (Å²) >= 11 is 0. The van der Waals surface area contributed by atoms with Crippen LogP contribution in [0, 0.1) is 0 Å². The van der Waals surface area contributed by atoms with Gasteiger partial charge in [0.15, 0.2) is 0 Å². The lowest BCUT2D eigenvalue weighted by molar-refractivity contribution is 0.329. The monoisotopic (exact) mass is 213 g/mol. The molecule has 1 aliphatic rings. The summed E-state index contributed by atoms with van der Waals surface area (Å²) in [5.41, 5.74) is 0. The average Bonchev–Trinajstić information content (AvgIpc) is 2.73. The predicted molar refractivity (Wildman–Crippen MR) is 70.4 cm³/mol. The molecular formula is C14H31N. The molecule has 92 valence electrons. The molecule has 0 spiro atoms. The van der Waals surface area contributed by atoms with Crippen molar-refractivity contribution in [2.75, 3.05) is 19.6 Å². The number of hydrogen-bond acceptors (Lipinski definition) is 1. The van der Waals surface area contributed by atoms with Gasteiger partial charge in [0.1, 0.15) is 0 Å². The Labute approximate surface area is 97.2 Å². The molecular weight excluding hydrogens is 182 g/mol. The first-order valence-corrected chi connectivity index (χ1v) is 7.07. The molecule has 1 fully saturated rings. The predicted octanol–water partition coefficient (Wildman–Crippen LogP) is 4.47. The molecule has 1 saturated heterocycles. The number of nitrogens with zero attached hydrogens (tertiary/aromatic N) is 1. The summed E-state index contributed by atoms with van der Waals surface area (Å²) in [7, 11) is 0. The number of hydrogen-bond donors (Lipinski definition) is 0. The van der Waals surface area contributed by atoms with E-state index in [9.17, 15) is 0 Å². The standard InChI is InChI=1S/C9H19N.C5H12/c1-2-3-4-7-10-8-5-6-9-10;1-3-5-4-2/h2-9H2,1H3;3-5H2,1-2H3. The van der Waals surface area contributed by atoms with E-state index in [1.54, 1.807) is 0 Å². The second kappa shape index (κ2) is 12.0. The van der Waals surface area contributed by atoms with E-state index in [1.165, 1.54) is 71.0 Å². The highest BCUT2D eigenvalue weighted by Gasteiger charge is 2.09. The van der Waals surface area contributed by atoms with Gasteiger partial charge in [-0.1, -0.05) is 52.9 Å². The molecule has 0 aromatic heterocycles. The lowest BCUT2D eigenvalue weighted by atomic mass is 10.2. The van der Waals surface area contributed by atoms with E-state index in [0.29, 0.717) is 0 Å². The average molecular weight is 213 g/mol. The Bertz CT molecular complexity index is 104. The van der Waals surface area contributed by atoms with Crippen LogP contribution in [0.5, 0.6) is 0 Å². The van der Waals surface area contributed by atoms with Crippen molar-refractivity contribution in [3.05, 3.63) is 0 Å². The van der Waals surface area contributed by atoms with Gasteiger partial charge in [0.2, 0.25) is 0 Å². The molecule has 0 aliphatic carbocycles. The first-order valence-electron chi connectivity index (χ1n) is 7.07. The van der Waals surface area contributed by atoms with Crippen molar-refractivity contribution in [3.8, 4) is 0 Å². The van der Waals surface area contributed by atoms with Crippen LogP contribution in [0.3, 0.4) is 0 Å². The fourth-order valence-corrected chi connectivity index (χ4v) is 1.95. The van der Waals surface area contributed by atoms with E-state index in [-0.39, 0.29) is 0 Å². The maximum Gasteiger partial charge on any atom is -0.00183 e. The third-order valence-electron chi connectivity index (χ3n) is 2.98. The Kier molecular flexibility index (Phi) is 12.0. The van der Waals surface area contributed by atoms with Crippen molar-refractivity contribution >= 4 is 0 Å². The molecule has 1 rings (SSSR count). The molecule has 0 aromatic rings. The third kappa shape index (κ3) is 10.2. The minimum atomic E-state index is 1.34. The first-order chi connectivity index (χ1) is 7.35. The van der Waals surface area contributed by atoms with E-state index in [0.717, 1.165) is 0 Å². The Morgan fingerprint density at radius 1 is 0.733 bits per heavy atom. The lowest BCUT2D eigenvalue weighted by Gasteiger charge is -2.12. The maximum absolute atomic E-state index is 2.59. The largest absolute Gasteiger partial charge is 0.303 e. The summed E-state index contributed by atoms with van der Waals surface area (Å²) in [5.74, 6) is 0. The summed E-state index contributed by atoms with van der Waals surface area (Å²) in [6.07, 6.45) is 11.1. The molecule has 0 saturated carbocycles. The van der Waals surface area contributed by atoms with Crippen LogP contribution < -0.4 is 0 Å². The smallest absolute Gasteiger partial charge is 0.00183 e. The van der Waals surface area contributed by atoms with Crippen molar-refractivity contribution in [1.29, 1.82) is 0 Å². The third-order valence-corrected chi connectivity index (χ3v) is 2.98. The van der Waals surface area contributed by atoms with Crippen LogP contribution in [-0.4, -0.2) is 24.5 Å². The van der Waals surface area contributed by atoms with Crippen LogP contribution in [0.4, 0.5) is 0 Å². The highest BCUT2D eigenvalue weighted by atomic mass is 15.1. The highest BCUT2D eigenvalue weighted by molar-refractivity contribution is 4.65. The molecule has 15 heavy (non-hydrogen) atoms. The summed E-state index contributed by atoms with van der Waals surface area (Å²) < 4.78 is 0. The van der Waals surface area contributed by atoms with Crippen LogP contribution in [-0.2, 0) is 0 Å². The minimum absolute atomic E-state index is 1.34. The van der Waals surface area contributed by atoms with Gasteiger partial charge in [-0.15, -0.1) is 0 Å². The molecule has 1 heterocycles. The van der Waals surface area contributed by atoms with E-state index in [1.807, 2.05) is 0 Å². The van der Waals surface area contributed by atoms with Crippen LogP contribution in [0.1, 0.15) is 72.1 Å². The summed E-state index contributed by atoms with van der Waals surface area (Å²) in [4.78, 5) is 2.59. The van der Waals surface area contributed by atoms with Crippen LogP contribution in [0.15, 0.2) is 0 Å². The molecule has 0 unspecified atom stereocenters. The molecule has 0 bridgehead atoms. The Morgan fingerprint density at radius 2 is 1.27 bits per heavy atom. The molecule has 1 aliphatic heterocycles. The summed E-state index contributed by atoms with van der Waals surface area (Å²) in [6.45, 7) is 10.8. The molecule has 1 nitrogen and oxygen atoms in total. The number of likely N-dealkylation sites (tertiary alicyclic amines) is 1. The Morgan fingerprint density at radius 3 is 1.67 bits per heavy atom. The number of rotatable bonds is 6. The maximum atomic E-state index is 2.59. The van der Waals surface area contributed by atoms with Crippen molar-refractivity contribution in [2.24, 2.45) is 0 Å². The van der Waals surface area contributed by atoms with Crippen LogP contribution in [0.25, 0.3) is 0 Å². The molecule has 0 aromatic carbocycles. The zero-order chi connectivity index (χ0) is 11.4. The fraction of sp³-hybridized carbons (Fsp3) is 1.00. The van der Waals surface area contributed by atoms with Gasteiger partial charge in [-0.3, -0.25) is 0 Å². The van der Waals surface area contributed by atoms with Crippen molar-refractivity contribution in [2.45, 2.75) is 72.1 Å². The Hall–Kier alpha value is -0.0400. The van der Waals surface area contributed by atoms with E-state index in [2.05, 4.69) is 25.7 Å². The van der Waals surface area contributed by atoms with Crippen molar-refractivity contribution in [3.63, 3.8) is 0 Å². The van der Waals surface area contributed by atoms with Gasteiger partial charge in [0.05, 0.1) is 0 Å². The molecule has 0 radical (unpaired) electrons. The highest BCUT2D eigenvalue weighted by Crippen LogP contribution is 2.08. The van der Waals surface area contributed by atoms with Crippen LogP contribution in [0.2, 0.25) is 0 Å². The first kappa shape index (κ1) is 15.0. The van der Waals surface area contributed by atoms with Gasteiger partial charge in [-0.25, -0.2) is 0 Å². The fourth-order valence-electron chi connectivity index (χ4n) is 1.95. The van der Waals surface area contributed by atoms with Gasteiger partial charge >= 0.3 is 0 Å². The SMILES string of the molecule is CCCCC.CCCCCN1CCCC1. The van der Waals surface area contributed by atoms with Gasteiger partial charge in [-0.05, 0) is 38.9 Å². The van der Waals surface area contributed by atoms with Crippen LogP contribution >= 0.6 is 0 Å². The normalized spacial score (nSPS) is 16.2. The zero-order valence-electron chi connectivity index (χ0n) is 11.2. The molecule has 0 N–H and O–H groups in total. The molecule has 0 atom stereocenters. The minimum Gasteiger partial charge on any atom is -0.303 e. The number of unbranched alkanes of at least 4 members (excludes halogenated alkanes) is 4. The quantitative estimate of drug-likeness (QED) is 0.588. The second-order valence-corrected chi connectivity index (χ2v) is 4.61. The zero-order valence-corrected chi connectivity index (χ0v) is 11.2. The van der Waals surface area contributed by atoms with Crippen molar-refractivity contribution < 1.29 is 0 Å². The van der Waals surface area contributed by atoms with E-state index in [4.69, 9.17) is 0 Å². The summed E-state index contributed by atoms with van der Waals surface area (Å²) in [6, 6.07) is 0. The molecule has 1 heteroatoms. The van der Waals surface area contributed by atoms with Gasteiger partial charge in [-0.2, -0.15) is 0 Å². The summed E-state index contributed by atoms with van der Waals surface area (Å²) in [5, 5.41) is 0. The van der Waals surface area contributed by atoms with Gasteiger partial charge < -0.3 is 4.90 Å². The van der Waals surface area contributed by atoms with Gasteiger partial charge in [0, 0.05) is 0 Å². The van der Waals surface area contributed by atoms with Crippen molar-refractivity contribution in [1.82, 2.24) is 4.90 Å².